The smallest absolute Gasteiger partial charge is 0.301 e. The van der Waals surface area contributed by atoms with E-state index in [-0.39, 0.29) is 0 Å². The molecule has 348 valence electrons. The number of hydrogen-bond donors (Lipinski definition) is 0. The summed E-state index contributed by atoms with van der Waals surface area (Å²) in [5.74, 6) is 0. The third kappa shape index (κ3) is 6.53. The van der Waals surface area contributed by atoms with Crippen LogP contribution in [0.2, 0.25) is 0 Å². The lowest BCUT2D eigenvalue weighted by Gasteiger charge is -2.34. The van der Waals surface area contributed by atoms with Crippen LogP contribution in [0.4, 0.5) is 34.1 Å². The van der Waals surface area contributed by atoms with Crippen molar-refractivity contribution in [2.24, 2.45) is 0 Å². The quantitative estimate of drug-likeness (QED) is 0.105. The molecule has 0 radical (unpaired) electrons. The molecule has 13 rings (SSSR count). The Labute approximate surface area is 417 Å². The van der Waals surface area contributed by atoms with E-state index in [2.05, 4.69) is 71.4 Å². The second-order valence-electron chi connectivity index (χ2n) is 18.0. The summed E-state index contributed by atoms with van der Waals surface area (Å²) >= 11 is 0. The zero-order valence-corrected chi connectivity index (χ0v) is 41.0. The van der Waals surface area contributed by atoms with Gasteiger partial charge in [0.15, 0.2) is 0 Å². The molecule has 1 saturated heterocycles. The van der Waals surface area contributed by atoms with Gasteiger partial charge in [0.05, 0.1) is 50.2 Å². The van der Waals surface area contributed by atoms with E-state index >= 15 is 9.13 Å². The Hall–Kier alpha value is -8.54. The molecular formula is C62H46N4O4P2. The van der Waals surface area contributed by atoms with E-state index in [1.165, 1.54) is 0 Å². The van der Waals surface area contributed by atoms with Crippen molar-refractivity contribution >= 4 is 109 Å². The minimum atomic E-state index is -3.93. The van der Waals surface area contributed by atoms with E-state index in [4.69, 9.17) is 8.83 Å². The van der Waals surface area contributed by atoms with Crippen molar-refractivity contribution in [1.82, 2.24) is 0 Å². The predicted octanol–water partition coefficient (Wildman–Crippen LogP) is 16.7. The molecule has 0 amide bonds. The summed E-state index contributed by atoms with van der Waals surface area (Å²) in [4.78, 5) is 0. The zero-order chi connectivity index (χ0) is 48.6. The third-order valence-corrected chi connectivity index (χ3v) is 20.0. The Morgan fingerprint density at radius 2 is 0.944 bits per heavy atom. The number of furan rings is 2. The van der Waals surface area contributed by atoms with Gasteiger partial charge in [0.2, 0.25) is 0 Å². The molecule has 2 aliphatic heterocycles. The van der Waals surface area contributed by atoms with Gasteiger partial charge in [0.25, 0.3) is 7.44 Å². The van der Waals surface area contributed by atoms with Gasteiger partial charge in [0, 0.05) is 27.8 Å². The standard InChI is InChI=1S/C62H46N4O4P2/c1-3-22-44(45-39-40-52-56(42-45)65(47-25-10-5-11-26-47)72(68,49-29-14-7-15-30-49)64(52)46-23-8-4-9-24-46)41-55-43(2)63(53-33-20-37-59-61(53)50-31-16-18-35-57(50)69-59)71(67,48-27-12-6-13-28-48)66(55)54-34-21-38-60-62(54)51-32-17-19-36-58(51)70-60/h3-43H,1H2,2H3/b44-22+,55-41+. The van der Waals surface area contributed by atoms with Crippen LogP contribution in [0.25, 0.3) is 49.5 Å². The monoisotopic (exact) mass is 972 g/mol. The number of allylic oxidation sites excluding steroid dienone is 4. The van der Waals surface area contributed by atoms with Crippen LogP contribution >= 0.6 is 14.9 Å². The van der Waals surface area contributed by atoms with Crippen LogP contribution in [0.5, 0.6) is 0 Å². The summed E-state index contributed by atoms with van der Waals surface area (Å²) in [5.41, 5.74) is 10.1. The summed E-state index contributed by atoms with van der Waals surface area (Å²) < 4.78 is 55.4. The molecule has 2 aliphatic rings. The lowest BCUT2D eigenvalue weighted by atomic mass is 10.00. The van der Waals surface area contributed by atoms with E-state index in [9.17, 15) is 0 Å². The van der Waals surface area contributed by atoms with Crippen LogP contribution in [-0.4, -0.2) is 6.04 Å². The van der Waals surface area contributed by atoms with E-state index in [0.29, 0.717) is 21.8 Å². The predicted molar refractivity (Wildman–Crippen MR) is 299 cm³/mol. The van der Waals surface area contributed by atoms with E-state index in [1.807, 2.05) is 197 Å². The first kappa shape index (κ1) is 43.5. The second kappa shape index (κ2) is 17.1. The molecule has 4 heterocycles. The Balaban J connectivity index is 1.08. The van der Waals surface area contributed by atoms with Crippen molar-refractivity contribution in [2.75, 3.05) is 18.7 Å². The molecular weight excluding hydrogens is 927 g/mol. The van der Waals surface area contributed by atoms with Gasteiger partial charge in [-0.2, -0.15) is 0 Å². The van der Waals surface area contributed by atoms with Crippen LogP contribution in [0.1, 0.15) is 12.5 Å². The molecule has 3 unspecified atom stereocenters. The molecule has 1 fully saturated rings. The normalized spacial score (nSPS) is 19.6. The number of benzene rings is 9. The highest BCUT2D eigenvalue weighted by Crippen LogP contribution is 2.71. The highest BCUT2D eigenvalue weighted by Gasteiger charge is 2.54. The molecule has 8 nitrogen and oxygen atoms in total. The maximum Gasteiger partial charge on any atom is 0.301 e. The summed E-state index contributed by atoms with van der Waals surface area (Å²) in [6.45, 7) is 6.37. The summed E-state index contributed by atoms with van der Waals surface area (Å²) in [7, 11) is -7.57. The Bertz CT molecular complexity index is 4080. The lowest BCUT2D eigenvalue weighted by Crippen LogP contribution is -2.29. The molecule has 72 heavy (non-hydrogen) atoms. The fraction of sp³-hybridized carbons (Fsp3) is 0.0323. The Kier molecular flexibility index (Phi) is 10.3. The molecule has 0 aliphatic carbocycles. The minimum absolute atomic E-state index is 0.487. The fourth-order valence-electron chi connectivity index (χ4n) is 10.9. The number of hydrogen-bond acceptors (Lipinski definition) is 4. The molecule has 0 saturated carbocycles. The van der Waals surface area contributed by atoms with Gasteiger partial charge in [-0.1, -0.05) is 146 Å². The van der Waals surface area contributed by atoms with E-state index in [0.717, 1.165) is 83.7 Å². The first-order valence-corrected chi connectivity index (χ1v) is 27.2. The van der Waals surface area contributed by atoms with Crippen LogP contribution in [0.15, 0.2) is 264 Å². The average molecular weight is 973 g/mol. The van der Waals surface area contributed by atoms with Crippen molar-refractivity contribution in [3.8, 4) is 0 Å². The molecule has 10 heteroatoms. The van der Waals surface area contributed by atoms with Crippen LogP contribution < -0.4 is 29.3 Å². The zero-order valence-electron chi connectivity index (χ0n) is 39.2. The van der Waals surface area contributed by atoms with Crippen LogP contribution in [0, 0.1) is 0 Å². The molecule has 2 aromatic heterocycles. The van der Waals surface area contributed by atoms with Crippen molar-refractivity contribution in [2.45, 2.75) is 13.0 Å². The van der Waals surface area contributed by atoms with Crippen molar-refractivity contribution in [1.29, 1.82) is 0 Å². The van der Waals surface area contributed by atoms with Crippen molar-refractivity contribution in [3.63, 3.8) is 0 Å². The SMILES string of the molecule is C=C/C=C(\C=C1/C(C)N(c2cccc3oc4ccccc4c23)P(=O)(c2ccccc2)N1c1cccc2oc3ccccc3c12)c1ccc2c(c1)N(c1ccccc1)P(=O)(c1ccccc1)N2c1ccccc1. The first-order chi connectivity index (χ1) is 35.4. The third-order valence-electron chi connectivity index (χ3n) is 13.9. The molecule has 0 N–H and O–H groups in total. The first-order valence-electron chi connectivity index (χ1n) is 24.0. The van der Waals surface area contributed by atoms with Crippen LogP contribution in [-0.2, 0) is 9.13 Å². The number of anilines is 6. The van der Waals surface area contributed by atoms with Gasteiger partial charge in [-0.15, -0.1) is 0 Å². The largest absolute Gasteiger partial charge is 0.456 e. The summed E-state index contributed by atoms with van der Waals surface area (Å²) in [6, 6.07) is 73.4. The fourth-order valence-corrected chi connectivity index (χ4v) is 17.2. The highest BCUT2D eigenvalue weighted by atomic mass is 31.2. The van der Waals surface area contributed by atoms with Gasteiger partial charge in [-0.05, 0) is 121 Å². The average Bonchev–Trinajstić information content (AvgIpc) is 4.15. The van der Waals surface area contributed by atoms with Gasteiger partial charge in [0.1, 0.15) is 22.3 Å². The minimum Gasteiger partial charge on any atom is -0.456 e. The van der Waals surface area contributed by atoms with E-state index in [1.54, 1.807) is 6.08 Å². The lowest BCUT2D eigenvalue weighted by molar-refractivity contribution is 0.580. The maximum atomic E-state index is 17.6. The second-order valence-corrected chi connectivity index (χ2v) is 22.9. The van der Waals surface area contributed by atoms with Gasteiger partial charge in [-0.3, -0.25) is 27.8 Å². The molecule has 9 aromatic carbocycles. The van der Waals surface area contributed by atoms with Gasteiger partial charge >= 0.3 is 7.44 Å². The van der Waals surface area contributed by atoms with Crippen molar-refractivity contribution in [3.05, 3.63) is 261 Å². The van der Waals surface area contributed by atoms with Crippen LogP contribution in [0.3, 0.4) is 0 Å². The van der Waals surface area contributed by atoms with Crippen molar-refractivity contribution < 1.29 is 18.0 Å². The number of nitrogens with zero attached hydrogens (tertiary/aromatic N) is 4. The highest BCUT2D eigenvalue weighted by molar-refractivity contribution is 7.76. The summed E-state index contributed by atoms with van der Waals surface area (Å²) in [5, 5.41) is 4.97. The number of para-hydroxylation sites is 4. The Morgan fingerprint density at radius 3 is 1.51 bits per heavy atom. The molecule has 0 bridgehead atoms. The molecule has 3 atom stereocenters. The summed E-state index contributed by atoms with van der Waals surface area (Å²) in [6.07, 6.45) is 5.95. The maximum absolute atomic E-state index is 17.6. The molecule has 11 aromatic rings. The van der Waals surface area contributed by atoms with Gasteiger partial charge in [-0.25, -0.2) is 0 Å². The van der Waals surface area contributed by atoms with E-state index < -0.39 is 20.9 Å². The number of fused-ring (bicyclic) bond motifs is 7. The topological polar surface area (TPSA) is 73.4 Å². The Morgan fingerprint density at radius 1 is 0.472 bits per heavy atom. The number of rotatable bonds is 9. The van der Waals surface area contributed by atoms with Gasteiger partial charge < -0.3 is 8.83 Å². The molecule has 0 spiro atoms.